The highest BCUT2D eigenvalue weighted by Gasteiger charge is 2.31. The van der Waals surface area contributed by atoms with Crippen LogP contribution in [-0.2, 0) is 22.5 Å². The number of fused-ring (bicyclic) bond motifs is 1. The van der Waals surface area contributed by atoms with E-state index in [1.165, 1.54) is 39.6 Å². The van der Waals surface area contributed by atoms with Gasteiger partial charge in [-0.05, 0) is 24.1 Å². The van der Waals surface area contributed by atoms with Crippen molar-refractivity contribution in [2.24, 2.45) is 0 Å². The smallest absolute Gasteiger partial charge is 0.341 e. The second-order valence-corrected chi connectivity index (χ2v) is 7.49. The predicted molar refractivity (Wildman–Crippen MR) is 108 cm³/mol. The molecule has 1 aliphatic heterocycles. The zero-order valence-corrected chi connectivity index (χ0v) is 17.5. The zero-order chi connectivity index (χ0) is 21.1. The number of rotatable bonds is 5. The molecule has 0 atom stereocenters. The van der Waals surface area contributed by atoms with E-state index in [-0.39, 0.29) is 11.5 Å². The SMILES string of the molecule is COC(=O)c1c(NC(=O)c2c(OC)cccc2OC)sc2c1CCN(C(C)=O)C2. The Morgan fingerprint density at radius 1 is 1.07 bits per heavy atom. The van der Waals surface area contributed by atoms with Gasteiger partial charge in [-0.25, -0.2) is 4.79 Å². The summed E-state index contributed by atoms with van der Waals surface area (Å²) >= 11 is 1.27. The third-order valence-corrected chi connectivity index (χ3v) is 5.91. The summed E-state index contributed by atoms with van der Waals surface area (Å²) in [4.78, 5) is 39.8. The first-order valence-electron chi connectivity index (χ1n) is 8.91. The van der Waals surface area contributed by atoms with Crippen LogP contribution in [-0.4, -0.2) is 50.6 Å². The molecule has 0 bridgehead atoms. The van der Waals surface area contributed by atoms with Gasteiger partial charge in [-0.1, -0.05) is 6.07 Å². The summed E-state index contributed by atoms with van der Waals surface area (Å²) < 4.78 is 15.5. The van der Waals surface area contributed by atoms with Crippen molar-refractivity contribution in [2.45, 2.75) is 19.9 Å². The Morgan fingerprint density at radius 2 is 1.72 bits per heavy atom. The van der Waals surface area contributed by atoms with Gasteiger partial charge in [-0.2, -0.15) is 0 Å². The van der Waals surface area contributed by atoms with E-state index < -0.39 is 11.9 Å². The molecule has 1 aromatic carbocycles. The maximum Gasteiger partial charge on any atom is 0.341 e. The van der Waals surface area contributed by atoms with Gasteiger partial charge < -0.3 is 24.4 Å². The average Bonchev–Trinajstić information content (AvgIpc) is 3.09. The number of amides is 2. The van der Waals surface area contributed by atoms with E-state index in [1.807, 2.05) is 0 Å². The van der Waals surface area contributed by atoms with Gasteiger partial charge in [-0.15, -0.1) is 11.3 Å². The summed E-state index contributed by atoms with van der Waals surface area (Å²) in [6, 6.07) is 5.03. The Hall–Kier alpha value is -3.07. The number of hydrogen-bond donors (Lipinski definition) is 1. The predicted octanol–water partition coefficient (Wildman–Crippen LogP) is 2.71. The van der Waals surface area contributed by atoms with E-state index in [1.54, 1.807) is 23.1 Å². The molecule has 2 amide bonds. The maximum absolute atomic E-state index is 13.0. The van der Waals surface area contributed by atoms with Crippen LogP contribution in [0.1, 0.15) is 38.1 Å². The number of thiophene rings is 1. The number of anilines is 1. The minimum absolute atomic E-state index is 0.0342. The highest BCUT2D eigenvalue weighted by Crippen LogP contribution is 2.39. The molecule has 0 saturated carbocycles. The molecule has 0 fully saturated rings. The minimum Gasteiger partial charge on any atom is -0.496 e. The number of nitrogens with zero attached hydrogens (tertiary/aromatic N) is 1. The highest BCUT2D eigenvalue weighted by atomic mass is 32.1. The Kier molecular flexibility index (Phi) is 6.07. The van der Waals surface area contributed by atoms with Crippen molar-refractivity contribution in [1.82, 2.24) is 4.90 Å². The van der Waals surface area contributed by atoms with Gasteiger partial charge in [0.2, 0.25) is 5.91 Å². The summed E-state index contributed by atoms with van der Waals surface area (Å²) in [5.41, 5.74) is 1.37. The van der Waals surface area contributed by atoms with Gasteiger partial charge in [0.05, 0.1) is 33.4 Å². The number of ether oxygens (including phenoxy) is 3. The molecule has 9 heteroatoms. The van der Waals surface area contributed by atoms with E-state index in [2.05, 4.69) is 5.32 Å². The van der Waals surface area contributed by atoms with Crippen LogP contribution in [0.15, 0.2) is 18.2 Å². The van der Waals surface area contributed by atoms with Crippen molar-refractivity contribution in [3.05, 3.63) is 39.8 Å². The number of esters is 1. The Labute approximate surface area is 172 Å². The van der Waals surface area contributed by atoms with Gasteiger partial charge in [-0.3, -0.25) is 9.59 Å². The molecular formula is C20H22N2O6S. The van der Waals surface area contributed by atoms with E-state index >= 15 is 0 Å². The number of carbonyl (C=O) groups excluding carboxylic acids is 3. The lowest BCUT2D eigenvalue weighted by molar-refractivity contribution is -0.129. The van der Waals surface area contributed by atoms with E-state index in [0.29, 0.717) is 41.6 Å². The summed E-state index contributed by atoms with van der Waals surface area (Å²) in [7, 11) is 4.23. The van der Waals surface area contributed by atoms with Crippen molar-refractivity contribution in [3.8, 4) is 11.5 Å². The molecule has 1 N–H and O–H groups in total. The molecule has 0 radical (unpaired) electrons. The van der Waals surface area contributed by atoms with Crippen LogP contribution >= 0.6 is 11.3 Å². The lowest BCUT2D eigenvalue weighted by atomic mass is 10.0. The van der Waals surface area contributed by atoms with Crippen LogP contribution in [0, 0.1) is 0 Å². The van der Waals surface area contributed by atoms with Crippen LogP contribution in [0.25, 0.3) is 0 Å². The molecule has 0 saturated heterocycles. The molecule has 0 aliphatic carbocycles. The summed E-state index contributed by atoms with van der Waals surface area (Å²) in [5, 5.41) is 3.19. The third-order valence-electron chi connectivity index (χ3n) is 4.77. The second kappa shape index (κ2) is 8.52. The van der Waals surface area contributed by atoms with Crippen LogP contribution in [0.4, 0.5) is 5.00 Å². The van der Waals surface area contributed by atoms with Crippen LogP contribution in [0.2, 0.25) is 0 Å². The molecule has 2 heterocycles. The standard InChI is InChI=1S/C20H22N2O6S/c1-11(23)22-9-8-12-15(10-22)29-19(16(12)20(25)28-4)21-18(24)17-13(26-2)6-5-7-14(17)27-3/h5-7H,8-10H2,1-4H3,(H,21,24). The lowest BCUT2D eigenvalue weighted by Gasteiger charge is -2.25. The number of carbonyl (C=O) groups is 3. The van der Waals surface area contributed by atoms with Crippen LogP contribution in [0.5, 0.6) is 11.5 Å². The number of nitrogens with one attached hydrogen (secondary N) is 1. The molecule has 8 nitrogen and oxygen atoms in total. The van der Waals surface area contributed by atoms with Gasteiger partial charge in [0.15, 0.2) is 0 Å². The monoisotopic (exact) mass is 418 g/mol. The summed E-state index contributed by atoms with van der Waals surface area (Å²) in [5.74, 6) is -0.323. The van der Waals surface area contributed by atoms with Crippen molar-refractivity contribution < 1.29 is 28.6 Å². The van der Waals surface area contributed by atoms with Gasteiger partial charge in [0, 0.05) is 18.3 Å². The Bertz CT molecular complexity index is 946. The first-order chi connectivity index (χ1) is 13.9. The van der Waals surface area contributed by atoms with Gasteiger partial charge >= 0.3 is 5.97 Å². The number of methoxy groups -OCH3 is 3. The zero-order valence-electron chi connectivity index (χ0n) is 16.7. The molecule has 1 aliphatic rings. The fourth-order valence-corrected chi connectivity index (χ4v) is 4.57. The highest BCUT2D eigenvalue weighted by molar-refractivity contribution is 7.17. The Balaban J connectivity index is 2.01. The normalized spacial score (nSPS) is 12.8. The second-order valence-electron chi connectivity index (χ2n) is 6.38. The first-order valence-corrected chi connectivity index (χ1v) is 9.73. The van der Waals surface area contributed by atoms with E-state index in [4.69, 9.17) is 14.2 Å². The molecule has 3 rings (SSSR count). The van der Waals surface area contributed by atoms with E-state index in [9.17, 15) is 14.4 Å². The molecule has 29 heavy (non-hydrogen) atoms. The van der Waals surface area contributed by atoms with Crippen LogP contribution in [0.3, 0.4) is 0 Å². The molecule has 1 aromatic heterocycles. The van der Waals surface area contributed by atoms with Crippen molar-refractivity contribution >= 4 is 34.1 Å². The van der Waals surface area contributed by atoms with Crippen LogP contribution < -0.4 is 14.8 Å². The van der Waals surface area contributed by atoms with Gasteiger partial charge in [0.25, 0.3) is 5.91 Å². The summed E-state index contributed by atoms with van der Waals surface area (Å²) in [6.45, 7) is 2.42. The molecular weight excluding hydrogens is 396 g/mol. The topological polar surface area (TPSA) is 94.2 Å². The fraction of sp³-hybridized carbons (Fsp3) is 0.350. The van der Waals surface area contributed by atoms with Crippen molar-refractivity contribution in [1.29, 1.82) is 0 Å². The minimum atomic E-state index is -0.527. The molecule has 154 valence electrons. The molecule has 2 aromatic rings. The first kappa shape index (κ1) is 20.7. The maximum atomic E-state index is 13.0. The van der Waals surface area contributed by atoms with Crippen molar-refractivity contribution in [2.75, 3.05) is 33.2 Å². The fourth-order valence-electron chi connectivity index (χ4n) is 3.32. The lowest BCUT2D eigenvalue weighted by Crippen LogP contribution is -2.33. The third kappa shape index (κ3) is 3.91. The number of benzene rings is 1. The Morgan fingerprint density at radius 3 is 2.28 bits per heavy atom. The number of hydrogen-bond acceptors (Lipinski definition) is 7. The molecule has 0 spiro atoms. The quantitative estimate of drug-likeness (QED) is 0.751. The average molecular weight is 418 g/mol. The molecule has 0 unspecified atom stereocenters. The van der Waals surface area contributed by atoms with Gasteiger partial charge in [0.1, 0.15) is 22.1 Å². The van der Waals surface area contributed by atoms with Crippen molar-refractivity contribution in [3.63, 3.8) is 0 Å². The largest absolute Gasteiger partial charge is 0.496 e. The van der Waals surface area contributed by atoms with E-state index in [0.717, 1.165) is 10.4 Å². The summed E-state index contributed by atoms with van der Waals surface area (Å²) in [6.07, 6.45) is 0.518.